The lowest BCUT2D eigenvalue weighted by Gasteiger charge is -2.25. The number of hydrogen-bond acceptors (Lipinski definition) is 3. The van der Waals surface area contributed by atoms with E-state index in [2.05, 4.69) is 5.10 Å². The smallest absolute Gasteiger partial charge is 0.232 e. The van der Waals surface area contributed by atoms with Crippen molar-refractivity contribution in [3.63, 3.8) is 0 Å². The number of aromatic nitrogens is 2. The summed E-state index contributed by atoms with van der Waals surface area (Å²) < 4.78 is 20.0. The van der Waals surface area contributed by atoms with Crippen molar-refractivity contribution in [2.75, 3.05) is 13.2 Å². The highest BCUT2D eigenvalue weighted by molar-refractivity contribution is 5.08. The predicted molar refractivity (Wildman–Crippen MR) is 45.7 cm³/mol. The third kappa shape index (κ3) is 1.42. The molecule has 0 N–H and O–H groups in total. The Bertz CT molecular complexity index is 345. The number of nitrogens with zero attached hydrogens (tertiary/aromatic N) is 2. The minimum Gasteiger partial charge on any atom is -0.473 e. The standard InChI is InChI=1S/C9H12N2O2/c1-2-8(1)13-9-3-4-11(10-9)7-5-12-6-7/h3-4,7-8H,1-2,5-6H2/i3D. The Labute approximate surface area is 77.8 Å². The van der Waals surface area contributed by atoms with Gasteiger partial charge in [0.05, 0.1) is 20.6 Å². The van der Waals surface area contributed by atoms with Gasteiger partial charge >= 0.3 is 0 Å². The summed E-state index contributed by atoms with van der Waals surface area (Å²) in [6.07, 6.45) is 4.21. The molecule has 4 heteroatoms. The normalized spacial score (nSPS) is 23.8. The van der Waals surface area contributed by atoms with Crippen molar-refractivity contribution in [2.24, 2.45) is 0 Å². The molecule has 3 rings (SSSR count). The second-order valence-corrected chi connectivity index (χ2v) is 3.57. The van der Waals surface area contributed by atoms with Gasteiger partial charge < -0.3 is 9.47 Å². The van der Waals surface area contributed by atoms with Gasteiger partial charge in [-0.15, -0.1) is 5.10 Å². The summed E-state index contributed by atoms with van der Waals surface area (Å²) >= 11 is 0. The molecule has 70 valence electrons. The number of hydrogen-bond donors (Lipinski definition) is 0. The Morgan fingerprint density at radius 1 is 1.62 bits per heavy atom. The lowest BCUT2D eigenvalue weighted by molar-refractivity contribution is -0.0290. The molecule has 2 fully saturated rings. The first kappa shape index (κ1) is 6.43. The lowest BCUT2D eigenvalue weighted by Crippen LogP contribution is -2.30. The van der Waals surface area contributed by atoms with Crippen molar-refractivity contribution in [1.82, 2.24) is 9.78 Å². The maximum absolute atomic E-state index is 7.66. The first-order chi connectivity index (χ1) is 6.83. The molecule has 1 aliphatic carbocycles. The molecule has 2 heterocycles. The summed E-state index contributed by atoms with van der Waals surface area (Å²) in [5.41, 5.74) is 0. The zero-order valence-corrected chi connectivity index (χ0v) is 7.27. The Morgan fingerprint density at radius 3 is 3.08 bits per heavy atom. The van der Waals surface area contributed by atoms with Crippen LogP contribution in [0.1, 0.15) is 20.3 Å². The van der Waals surface area contributed by atoms with Gasteiger partial charge in [0.15, 0.2) is 0 Å². The summed E-state index contributed by atoms with van der Waals surface area (Å²) in [7, 11) is 0. The first-order valence-corrected chi connectivity index (χ1v) is 4.63. The Kier molecular flexibility index (Phi) is 1.35. The minimum atomic E-state index is 0.302. The van der Waals surface area contributed by atoms with E-state index in [0.29, 0.717) is 37.3 Å². The third-order valence-corrected chi connectivity index (χ3v) is 2.32. The van der Waals surface area contributed by atoms with E-state index in [-0.39, 0.29) is 0 Å². The van der Waals surface area contributed by atoms with Crippen molar-refractivity contribution in [3.8, 4) is 5.88 Å². The molecule has 0 aromatic carbocycles. The lowest BCUT2D eigenvalue weighted by atomic mass is 10.3. The average molecular weight is 181 g/mol. The third-order valence-electron chi connectivity index (χ3n) is 2.32. The van der Waals surface area contributed by atoms with Crippen LogP contribution < -0.4 is 4.74 Å². The van der Waals surface area contributed by atoms with Crippen LogP contribution in [0, 0.1) is 0 Å². The molecule has 1 aromatic rings. The first-order valence-electron chi connectivity index (χ1n) is 5.13. The van der Waals surface area contributed by atoms with E-state index >= 15 is 0 Å². The molecule has 0 amide bonds. The molecule has 1 saturated carbocycles. The van der Waals surface area contributed by atoms with Crippen molar-refractivity contribution in [2.45, 2.75) is 25.0 Å². The molecule has 1 aliphatic heterocycles. The van der Waals surface area contributed by atoms with Crippen LogP contribution in [-0.4, -0.2) is 29.1 Å². The van der Waals surface area contributed by atoms with Crippen LogP contribution in [0.4, 0.5) is 0 Å². The fraction of sp³-hybridized carbons (Fsp3) is 0.667. The molecule has 0 atom stereocenters. The largest absolute Gasteiger partial charge is 0.473 e. The summed E-state index contributed by atoms with van der Waals surface area (Å²) in [5.74, 6) is 0.472. The zero-order valence-electron chi connectivity index (χ0n) is 8.27. The highest BCUT2D eigenvalue weighted by Crippen LogP contribution is 2.26. The van der Waals surface area contributed by atoms with E-state index in [4.69, 9.17) is 10.8 Å². The van der Waals surface area contributed by atoms with Gasteiger partial charge in [-0.2, -0.15) is 0 Å². The zero-order chi connectivity index (χ0) is 9.54. The van der Waals surface area contributed by atoms with E-state index in [0.717, 1.165) is 12.8 Å². The second-order valence-electron chi connectivity index (χ2n) is 3.57. The molecular formula is C9H12N2O2. The van der Waals surface area contributed by atoms with Gasteiger partial charge in [0, 0.05) is 12.2 Å². The van der Waals surface area contributed by atoms with E-state index in [9.17, 15) is 0 Å². The van der Waals surface area contributed by atoms with E-state index < -0.39 is 0 Å². The van der Waals surface area contributed by atoms with Crippen LogP contribution in [0.15, 0.2) is 12.2 Å². The van der Waals surface area contributed by atoms with Crippen LogP contribution in [0.2, 0.25) is 0 Å². The molecule has 1 aromatic heterocycles. The highest BCUT2D eigenvalue weighted by atomic mass is 16.5. The maximum atomic E-state index is 7.66. The van der Waals surface area contributed by atoms with Gasteiger partial charge in [0.1, 0.15) is 6.10 Å². The van der Waals surface area contributed by atoms with Crippen molar-refractivity contribution in [3.05, 3.63) is 12.2 Å². The summed E-state index contributed by atoms with van der Waals surface area (Å²) in [5, 5.41) is 4.24. The van der Waals surface area contributed by atoms with E-state index in [1.54, 1.807) is 10.9 Å². The van der Waals surface area contributed by atoms with Gasteiger partial charge in [-0.05, 0) is 12.8 Å². The molecular weight excluding hydrogens is 168 g/mol. The predicted octanol–water partition coefficient (Wildman–Crippen LogP) is 0.996. The van der Waals surface area contributed by atoms with Crippen LogP contribution >= 0.6 is 0 Å². The van der Waals surface area contributed by atoms with Crippen molar-refractivity contribution >= 4 is 0 Å². The van der Waals surface area contributed by atoms with Crippen LogP contribution in [0.25, 0.3) is 0 Å². The summed E-state index contributed by atoms with van der Waals surface area (Å²) in [4.78, 5) is 0. The Morgan fingerprint density at radius 2 is 2.46 bits per heavy atom. The van der Waals surface area contributed by atoms with E-state index in [1.807, 2.05) is 0 Å². The SMILES string of the molecule is [2H]c1cn(C2COC2)nc1OC1CC1. The van der Waals surface area contributed by atoms with Gasteiger partial charge in [-0.3, -0.25) is 4.68 Å². The fourth-order valence-corrected chi connectivity index (χ4v) is 1.25. The topological polar surface area (TPSA) is 36.3 Å². The molecule has 4 nitrogen and oxygen atoms in total. The number of rotatable bonds is 3. The van der Waals surface area contributed by atoms with Gasteiger partial charge in [-0.1, -0.05) is 0 Å². The molecule has 1 saturated heterocycles. The fourth-order valence-electron chi connectivity index (χ4n) is 1.25. The molecule has 13 heavy (non-hydrogen) atoms. The van der Waals surface area contributed by atoms with Gasteiger partial charge in [-0.25, -0.2) is 0 Å². The summed E-state index contributed by atoms with van der Waals surface area (Å²) in [6, 6.07) is 0.680. The average Bonchev–Trinajstić information content (AvgIpc) is 2.77. The van der Waals surface area contributed by atoms with Gasteiger partial charge in [0.2, 0.25) is 5.88 Å². The maximum Gasteiger partial charge on any atom is 0.232 e. The minimum absolute atomic E-state index is 0.302. The molecule has 0 radical (unpaired) electrons. The second kappa shape index (κ2) is 2.73. The van der Waals surface area contributed by atoms with Crippen LogP contribution in [-0.2, 0) is 4.74 Å². The molecule has 0 bridgehead atoms. The van der Waals surface area contributed by atoms with E-state index in [1.165, 1.54) is 0 Å². The number of ether oxygens (including phenoxy) is 2. The van der Waals surface area contributed by atoms with Crippen molar-refractivity contribution < 1.29 is 10.8 Å². The quantitative estimate of drug-likeness (QED) is 0.697. The highest BCUT2D eigenvalue weighted by Gasteiger charge is 2.26. The van der Waals surface area contributed by atoms with Crippen LogP contribution in [0.3, 0.4) is 0 Å². The molecule has 0 spiro atoms. The Hall–Kier alpha value is -1.03. The van der Waals surface area contributed by atoms with Gasteiger partial charge in [0.25, 0.3) is 0 Å². The molecule has 0 unspecified atom stereocenters. The monoisotopic (exact) mass is 181 g/mol. The van der Waals surface area contributed by atoms with Crippen LogP contribution in [0.5, 0.6) is 5.88 Å². The Balaban J connectivity index is 1.77. The van der Waals surface area contributed by atoms with Crippen molar-refractivity contribution in [1.29, 1.82) is 0 Å². The summed E-state index contributed by atoms with van der Waals surface area (Å²) in [6.45, 7) is 1.40. The molecule has 2 aliphatic rings.